The number of hydrogen-bond acceptors (Lipinski definition) is 3. The fourth-order valence-corrected chi connectivity index (χ4v) is 4.74. The maximum Gasteiger partial charge on any atom is 0.324 e. The van der Waals surface area contributed by atoms with Crippen molar-refractivity contribution in [3.05, 3.63) is 89.5 Å². The second kappa shape index (κ2) is 9.19. The van der Waals surface area contributed by atoms with Crippen LogP contribution in [-0.2, 0) is 16.6 Å². The molecule has 1 aliphatic heterocycles. The summed E-state index contributed by atoms with van der Waals surface area (Å²) in [5.74, 6) is -1.89. The average molecular weight is 472 g/mol. The molecule has 0 spiro atoms. The van der Waals surface area contributed by atoms with Crippen LogP contribution in [-0.4, -0.2) is 32.4 Å². The van der Waals surface area contributed by atoms with E-state index in [1.165, 1.54) is 18.2 Å². The minimum absolute atomic E-state index is 0.144. The molecule has 0 radical (unpaired) electrons. The SMILES string of the molecule is Cc1ccc(S(=O)(=O)Nc2cccc(N3CCCN(Cc4ccc(F)c(F)c4)C3=O)c2)cc1. The topological polar surface area (TPSA) is 69.7 Å². The van der Waals surface area contributed by atoms with Crippen LogP contribution in [0.4, 0.5) is 25.0 Å². The third kappa shape index (κ3) is 5.14. The molecule has 172 valence electrons. The van der Waals surface area contributed by atoms with Gasteiger partial charge in [-0.3, -0.25) is 9.62 Å². The fourth-order valence-electron chi connectivity index (χ4n) is 3.70. The predicted molar refractivity (Wildman–Crippen MR) is 123 cm³/mol. The van der Waals surface area contributed by atoms with Crippen molar-refractivity contribution in [2.45, 2.75) is 24.8 Å². The van der Waals surface area contributed by atoms with Gasteiger partial charge in [-0.1, -0.05) is 29.8 Å². The standard InChI is InChI=1S/C24H23F2N3O3S/c1-17-6-9-21(10-7-17)33(31,32)27-19-4-2-5-20(15-19)29-13-3-12-28(24(29)30)16-18-8-11-22(25)23(26)14-18/h2,4-11,14-15,27H,3,12-13,16H2,1H3. The van der Waals surface area contributed by atoms with Gasteiger partial charge in [0.25, 0.3) is 10.0 Å². The lowest BCUT2D eigenvalue weighted by Crippen LogP contribution is -2.49. The van der Waals surface area contributed by atoms with E-state index in [2.05, 4.69) is 4.72 Å². The van der Waals surface area contributed by atoms with Crippen LogP contribution in [0.25, 0.3) is 0 Å². The number of sulfonamides is 1. The van der Waals surface area contributed by atoms with Gasteiger partial charge in [0, 0.05) is 25.3 Å². The van der Waals surface area contributed by atoms with Crippen molar-refractivity contribution in [3.63, 3.8) is 0 Å². The number of nitrogens with one attached hydrogen (secondary N) is 1. The quantitative estimate of drug-likeness (QED) is 0.556. The van der Waals surface area contributed by atoms with Crippen molar-refractivity contribution in [1.29, 1.82) is 0 Å². The first-order valence-corrected chi connectivity index (χ1v) is 11.9. The van der Waals surface area contributed by atoms with Gasteiger partial charge in [0.2, 0.25) is 0 Å². The van der Waals surface area contributed by atoms with E-state index in [0.717, 1.165) is 17.7 Å². The summed E-state index contributed by atoms with van der Waals surface area (Å²) in [6.07, 6.45) is 0.675. The molecule has 3 aromatic rings. The van der Waals surface area contributed by atoms with Gasteiger partial charge in [0.15, 0.2) is 11.6 Å². The van der Waals surface area contributed by atoms with Gasteiger partial charge in [0.05, 0.1) is 10.6 Å². The van der Waals surface area contributed by atoms with E-state index in [4.69, 9.17) is 0 Å². The van der Waals surface area contributed by atoms with Crippen LogP contribution in [0, 0.1) is 18.6 Å². The van der Waals surface area contributed by atoms with Gasteiger partial charge in [-0.15, -0.1) is 0 Å². The van der Waals surface area contributed by atoms with Crippen LogP contribution < -0.4 is 9.62 Å². The summed E-state index contributed by atoms with van der Waals surface area (Å²) in [5, 5.41) is 0. The zero-order valence-electron chi connectivity index (χ0n) is 18.0. The lowest BCUT2D eigenvalue weighted by molar-refractivity contribution is 0.192. The molecule has 1 aliphatic rings. The lowest BCUT2D eigenvalue weighted by Gasteiger charge is -2.36. The number of rotatable bonds is 6. The van der Waals surface area contributed by atoms with Crippen LogP contribution in [0.2, 0.25) is 0 Å². The number of carbonyl (C=O) groups is 1. The zero-order valence-corrected chi connectivity index (χ0v) is 18.8. The molecule has 1 fully saturated rings. The molecule has 1 saturated heterocycles. The van der Waals surface area contributed by atoms with E-state index in [0.29, 0.717) is 36.4 Å². The smallest absolute Gasteiger partial charge is 0.320 e. The van der Waals surface area contributed by atoms with Crippen LogP contribution in [0.15, 0.2) is 71.6 Å². The molecule has 9 heteroatoms. The Morgan fingerprint density at radius 1 is 0.939 bits per heavy atom. The van der Waals surface area contributed by atoms with Gasteiger partial charge in [-0.25, -0.2) is 22.0 Å². The Bertz CT molecular complexity index is 1280. The minimum atomic E-state index is -3.78. The maximum absolute atomic E-state index is 13.5. The van der Waals surface area contributed by atoms with E-state index in [1.807, 2.05) is 6.92 Å². The second-order valence-corrected chi connectivity index (χ2v) is 9.61. The monoisotopic (exact) mass is 471 g/mol. The maximum atomic E-state index is 13.5. The number of aryl methyl sites for hydroxylation is 1. The van der Waals surface area contributed by atoms with Crippen molar-refractivity contribution in [2.24, 2.45) is 0 Å². The van der Waals surface area contributed by atoms with Gasteiger partial charge in [-0.05, 0) is 61.4 Å². The van der Waals surface area contributed by atoms with E-state index in [-0.39, 0.29) is 17.5 Å². The summed E-state index contributed by atoms with van der Waals surface area (Å²) in [6, 6.07) is 16.4. The number of amides is 2. The van der Waals surface area contributed by atoms with Crippen molar-refractivity contribution >= 4 is 27.4 Å². The Kier molecular flexibility index (Phi) is 6.33. The van der Waals surface area contributed by atoms with Crippen molar-refractivity contribution in [1.82, 2.24) is 4.90 Å². The number of halogens is 2. The van der Waals surface area contributed by atoms with E-state index >= 15 is 0 Å². The van der Waals surface area contributed by atoms with Crippen molar-refractivity contribution < 1.29 is 22.0 Å². The molecule has 0 aromatic heterocycles. The first-order chi connectivity index (χ1) is 15.7. The highest BCUT2D eigenvalue weighted by Gasteiger charge is 2.27. The highest BCUT2D eigenvalue weighted by atomic mass is 32.2. The van der Waals surface area contributed by atoms with E-state index in [9.17, 15) is 22.0 Å². The number of nitrogens with zero attached hydrogens (tertiary/aromatic N) is 2. The summed E-state index contributed by atoms with van der Waals surface area (Å²) in [4.78, 5) is 16.3. The van der Waals surface area contributed by atoms with Gasteiger partial charge >= 0.3 is 6.03 Å². The molecule has 1 N–H and O–H groups in total. The number of benzene rings is 3. The Morgan fingerprint density at radius 3 is 2.42 bits per heavy atom. The molecule has 0 bridgehead atoms. The number of anilines is 2. The average Bonchev–Trinajstić information content (AvgIpc) is 2.78. The van der Waals surface area contributed by atoms with Crippen LogP contribution in [0.3, 0.4) is 0 Å². The fraction of sp³-hybridized carbons (Fsp3) is 0.208. The van der Waals surface area contributed by atoms with Gasteiger partial charge < -0.3 is 4.90 Å². The first-order valence-electron chi connectivity index (χ1n) is 10.4. The molecule has 33 heavy (non-hydrogen) atoms. The van der Waals surface area contributed by atoms with E-state index < -0.39 is 21.7 Å². The van der Waals surface area contributed by atoms with Crippen LogP contribution in [0.1, 0.15) is 17.5 Å². The highest BCUT2D eigenvalue weighted by Crippen LogP contribution is 2.26. The minimum Gasteiger partial charge on any atom is -0.320 e. The third-order valence-electron chi connectivity index (χ3n) is 5.41. The molecule has 0 aliphatic carbocycles. The van der Waals surface area contributed by atoms with Crippen molar-refractivity contribution in [2.75, 3.05) is 22.7 Å². The molecule has 4 rings (SSSR count). The summed E-state index contributed by atoms with van der Waals surface area (Å²) in [5.41, 5.74) is 2.31. The second-order valence-electron chi connectivity index (χ2n) is 7.93. The van der Waals surface area contributed by atoms with Crippen molar-refractivity contribution in [3.8, 4) is 0 Å². The van der Waals surface area contributed by atoms with Crippen LogP contribution >= 0.6 is 0 Å². The first kappa shape index (κ1) is 22.7. The molecule has 0 atom stereocenters. The molecule has 0 saturated carbocycles. The third-order valence-corrected chi connectivity index (χ3v) is 6.81. The summed E-state index contributed by atoms with van der Waals surface area (Å²) >= 11 is 0. The number of carbonyl (C=O) groups excluding carboxylic acids is 1. The molecule has 0 unspecified atom stereocenters. The predicted octanol–water partition coefficient (Wildman–Crippen LogP) is 4.91. The normalized spacial score (nSPS) is 14.5. The Balaban J connectivity index is 1.51. The molecule has 6 nitrogen and oxygen atoms in total. The van der Waals surface area contributed by atoms with Gasteiger partial charge in [-0.2, -0.15) is 0 Å². The largest absolute Gasteiger partial charge is 0.324 e. The summed E-state index contributed by atoms with van der Waals surface area (Å²) in [7, 11) is -3.78. The van der Waals surface area contributed by atoms with E-state index in [1.54, 1.807) is 46.2 Å². The lowest BCUT2D eigenvalue weighted by atomic mass is 10.1. The summed E-state index contributed by atoms with van der Waals surface area (Å²) < 4.78 is 54.7. The molecule has 3 aromatic carbocycles. The molecular formula is C24H23F2N3O3S. The highest BCUT2D eigenvalue weighted by molar-refractivity contribution is 7.92. The molecule has 1 heterocycles. The number of urea groups is 1. The molecule has 2 amide bonds. The van der Waals surface area contributed by atoms with Gasteiger partial charge in [0.1, 0.15) is 0 Å². The number of hydrogen-bond donors (Lipinski definition) is 1. The Labute approximate surface area is 191 Å². The zero-order chi connectivity index (χ0) is 23.6. The summed E-state index contributed by atoms with van der Waals surface area (Å²) in [6.45, 7) is 2.96. The van der Waals surface area contributed by atoms with Crippen LogP contribution in [0.5, 0.6) is 0 Å². The Hall–Kier alpha value is -3.46. The Morgan fingerprint density at radius 2 is 1.70 bits per heavy atom. The molecular weight excluding hydrogens is 448 g/mol.